The summed E-state index contributed by atoms with van der Waals surface area (Å²) in [7, 11) is 1.30. The summed E-state index contributed by atoms with van der Waals surface area (Å²) >= 11 is 0. The molecule has 0 unspecified atom stereocenters. The van der Waals surface area contributed by atoms with Gasteiger partial charge >= 0.3 is 5.97 Å². The van der Waals surface area contributed by atoms with Crippen LogP contribution in [0.25, 0.3) is 0 Å². The lowest BCUT2D eigenvalue weighted by molar-refractivity contribution is -0.138. The highest BCUT2D eigenvalue weighted by molar-refractivity contribution is 5.90. The van der Waals surface area contributed by atoms with Gasteiger partial charge in [-0.25, -0.2) is 0 Å². The monoisotopic (exact) mass is 174 g/mol. The zero-order chi connectivity index (χ0) is 10.1. The third-order valence-electron chi connectivity index (χ3n) is 0.815. The van der Waals surface area contributed by atoms with E-state index < -0.39 is 5.91 Å². The van der Waals surface area contributed by atoms with Crippen LogP contribution in [0.3, 0.4) is 0 Å². The van der Waals surface area contributed by atoms with Gasteiger partial charge in [-0.3, -0.25) is 9.59 Å². The first-order valence-electron chi connectivity index (χ1n) is 3.17. The van der Waals surface area contributed by atoms with Gasteiger partial charge in [0.05, 0.1) is 13.7 Å². The average Bonchev–Trinajstić information content (AvgIpc) is 2.04. The van der Waals surface area contributed by atoms with Crippen molar-refractivity contribution in [1.29, 1.82) is 0 Å². The quantitative estimate of drug-likeness (QED) is 0.421. The van der Waals surface area contributed by atoms with Crippen molar-refractivity contribution in [3.05, 3.63) is 12.2 Å². The maximum atomic E-state index is 9.83. The summed E-state index contributed by atoms with van der Waals surface area (Å²) in [5, 5.41) is 0. The topological polar surface area (TPSA) is 95.4 Å². The van der Waals surface area contributed by atoms with E-state index in [1.54, 1.807) is 6.92 Å². The minimum absolute atomic E-state index is 0.0312. The number of hydrogen-bond donors (Lipinski definition) is 2. The van der Waals surface area contributed by atoms with Crippen molar-refractivity contribution in [2.45, 2.75) is 6.92 Å². The second-order valence-electron chi connectivity index (χ2n) is 1.92. The fraction of sp³-hybridized carbons (Fsp3) is 0.429. The third kappa shape index (κ3) is 11.4. The zero-order valence-electron chi connectivity index (χ0n) is 7.29. The van der Waals surface area contributed by atoms with Crippen LogP contribution in [-0.2, 0) is 14.3 Å². The zero-order valence-corrected chi connectivity index (χ0v) is 7.29. The first-order chi connectivity index (χ1) is 5.45. The van der Waals surface area contributed by atoms with Gasteiger partial charge in [0, 0.05) is 5.57 Å². The summed E-state index contributed by atoms with van der Waals surface area (Å²) in [6.45, 7) is 4.82. The fourth-order valence-electron chi connectivity index (χ4n) is 0.0833. The maximum Gasteiger partial charge on any atom is 0.319 e. The van der Waals surface area contributed by atoms with Gasteiger partial charge in [0.1, 0.15) is 0 Å². The number of esters is 1. The molecule has 4 N–H and O–H groups in total. The van der Waals surface area contributed by atoms with Gasteiger partial charge in [0.2, 0.25) is 5.91 Å². The Kier molecular flexibility index (Phi) is 8.55. The molecule has 5 nitrogen and oxygen atoms in total. The van der Waals surface area contributed by atoms with Crippen LogP contribution >= 0.6 is 0 Å². The molecule has 0 aliphatic carbocycles. The van der Waals surface area contributed by atoms with E-state index in [1.165, 1.54) is 7.11 Å². The predicted octanol–water partition coefficient (Wildman–Crippen LogP) is -0.834. The van der Waals surface area contributed by atoms with E-state index in [4.69, 9.17) is 11.5 Å². The summed E-state index contributed by atoms with van der Waals surface area (Å²) < 4.78 is 4.14. The molecule has 0 aromatic carbocycles. The van der Waals surface area contributed by atoms with E-state index in [1.807, 2.05) is 0 Å². The smallest absolute Gasteiger partial charge is 0.319 e. The summed E-state index contributed by atoms with van der Waals surface area (Å²) in [5.41, 5.74) is 9.90. The van der Waals surface area contributed by atoms with Crippen molar-refractivity contribution in [3.8, 4) is 0 Å². The second kappa shape index (κ2) is 7.74. The molecule has 0 aliphatic rings. The molecule has 1 amide bonds. The van der Waals surface area contributed by atoms with Gasteiger partial charge in [-0.05, 0) is 6.92 Å². The number of hydrogen-bond acceptors (Lipinski definition) is 4. The minimum atomic E-state index is -0.435. The molecular formula is C7H14N2O3. The molecule has 0 aromatic heterocycles. The van der Waals surface area contributed by atoms with Crippen molar-refractivity contribution in [1.82, 2.24) is 0 Å². The van der Waals surface area contributed by atoms with Crippen molar-refractivity contribution in [3.63, 3.8) is 0 Å². The first kappa shape index (κ1) is 13.2. The lowest BCUT2D eigenvalue weighted by Gasteiger charge is -1.87. The van der Waals surface area contributed by atoms with Crippen LogP contribution in [0, 0.1) is 0 Å². The number of rotatable bonds is 2. The fourth-order valence-corrected chi connectivity index (χ4v) is 0.0833. The highest BCUT2D eigenvalue weighted by atomic mass is 16.5. The summed E-state index contributed by atoms with van der Waals surface area (Å²) in [5.74, 6) is -0.815. The van der Waals surface area contributed by atoms with Crippen molar-refractivity contribution < 1.29 is 14.3 Å². The largest absolute Gasteiger partial charge is 0.468 e. The van der Waals surface area contributed by atoms with Crippen LogP contribution in [0.4, 0.5) is 0 Å². The molecule has 70 valence electrons. The van der Waals surface area contributed by atoms with E-state index in [9.17, 15) is 9.59 Å². The molecule has 0 saturated heterocycles. The van der Waals surface area contributed by atoms with Gasteiger partial charge in [-0.15, -0.1) is 0 Å². The van der Waals surface area contributed by atoms with Crippen LogP contribution in [-0.4, -0.2) is 25.5 Å². The highest BCUT2D eigenvalue weighted by Crippen LogP contribution is 1.78. The second-order valence-corrected chi connectivity index (χ2v) is 1.92. The molecule has 0 rings (SSSR count). The molecule has 0 bridgehead atoms. The van der Waals surface area contributed by atoms with Gasteiger partial charge in [0.15, 0.2) is 0 Å². The normalized spacial score (nSPS) is 7.58. The number of primary amides is 1. The standard InChI is InChI=1S/C4H7NO.C3H7NO2/c1-3(2)4(5)6;1-6-3(5)2-4/h1H2,2H3,(H2,5,6);2,4H2,1H3. The van der Waals surface area contributed by atoms with Gasteiger partial charge in [-0.1, -0.05) is 6.58 Å². The Bertz CT molecular complexity index is 159. The number of amides is 1. The molecular weight excluding hydrogens is 160 g/mol. The number of ether oxygens (including phenoxy) is 1. The van der Waals surface area contributed by atoms with Crippen LogP contribution < -0.4 is 11.5 Å². The number of methoxy groups -OCH3 is 1. The summed E-state index contributed by atoms with van der Waals surface area (Å²) in [4.78, 5) is 19.7. The molecule has 5 heteroatoms. The summed E-state index contributed by atoms with van der Waals surface area (Å²) in [6, 6.07) is 0. The Hall–Kier alpha value is -1.36. The van der Waals surface area contributed by atoms with Crippen LogP contribution in [0.5, 0.6) is 0 Å². The molecule has 12 heavy (non-hydrogen) atoms. The number of carbonyl (C=O) groups excluding carboxylic acids is 2. The number of nitrogens with two attached hydrogens (primary N) is 2. The Labute approximate surface area is 71.4 Å². The van der Waals surface area contributed by atoms with Gasteiger partial charge in [0.25, 0.3) is 0 Å². The summed E-state index contributed by atoms with van der Waals surface area (Å²) in [6.07, 6.45) is 0. The van der Waals surface area contributed by atoms with Gasteiger partial charge in [-0.2, -0.15) is 0 Å². The maximum absolute atomic E-state index is 9.83. The van der Waals surface area contributed by atoms with Gasteiger partial charge < -0.3 is 16.2 Å². The molecule has 0 spiro atoms. The molecule has 0 aromatic rings. The van der Waals surface area contributed by atoms with Crippen molar-refractivity contribution in [2.75, 3.05) is 13.7 Å². The Balaban J connectivity index is 0. The lowest BCUT2D eigenvalue weighted by atomic mass is 10.3. The molecule has 0 saturated carbocycles. The third-order valence-corrected chi connectivity index (χ3v) is 0.815. The van der Waals surface area contributed by atoms with Crippen molar-refractivity contribution in [2.24, 2.45) is 11.5 Å². The van der Waals surface area contributed by atoms with Crippen LogP contribution in [0.1, 0.15) is 6.92 Å². The van der Waals surface area contributed by atoms with Crippen LogP contribution in [0.15, 0.2) is 12.2 Å². The van der Waals surface area contributed by atoms with Crippen molar-refractivity contribution >= 4 is 11.9 Å². The molecule has 0 heterocycles. The van der Waals surface area contributed by atoms with E-state index >= 15 is 0 Å². The molecule has 0 fully saturated rings. The van der Waals surface area contributed by atoms with E-state index in [0.717, 1.165) is 0 Å². The molecule has 0 atom stereocenters. The number of carbonyl (C=O) groups is 2. The van der Waals surface area contributed by atoms with E-state index in [2.05, 4.69) is 11.3 Å². The minimum Gasteiger partial charge on any atom is -0.468 e. The highest BCUT2D eigenvalue weighted by Gasteiger charge is 1.88. The Morgan fingerprint density at radius 1 is 1.50 bits per heavy atom. The molecule has 0 radical (unpaired) electrons. The van der Waals surface area contributed by atoms with Crippen LogP contribution in [0.2, 0.25) is 0 Å². The van der Waals surface area contributed by atoms with E-state index in [-0.39, 0.29) is 12.5 Å². The molecule has 0 aliphatic heterocycles. The average molecular weight is 174 g/mol. The van der Waals surface area contributed by atoms with E-state index in [0.29, 0.717) is 5.57 Å². The first-order valence-corrected chi connectivity index (χ1v) is 3.17. The Morgan fingerprint density at radius 3 is 1.83 bits per heavy atom. The lowest BCUT2D eigenvalue weighted by Crippen LogP contribution is -2.14. The Morgan fingerprint density at radius 2 is 1.83 bits per heavy atom. The SMILES string of the molecule is C=C(C)C(N)=O.COC(=O)CN. The predicted molar refractivity (Wildman–Crippen MR) is 45.1 cm³/mol.